The van der Waals surface area contributed by atoms with Gasteiger partial charge in [-0.05, 0) is 43.2 Å². The number of nitrogens with zero attached hydrogens (tertiary/aromatic N) is 4. The quantitative estimate of drug-likeness (QED) is 0.493. The number of hydrogen-bond acceptors (Lipinski definition) is 6. The summed E-state index contributed by atoms with van der Waals surface area (Å²) in [4.78, 5) is 21.7. The predicted molar refractivity (Wildman–Crippen MR) is 105 cm³/mol. The van der Waals surface area contributed by atoms with Crippen LogP contribution in [0.25, 0.3) is 16.8 Å². The Morgan fingerprint density at radius 2 is 2.11 bits per heavy atom. The van der Waals surface area contributed by atoms with Crippen LogP contribution in [-0.4, -0.2) is 32.5 Å². The second kappa shape index (κ2) is 6.92. The number of benzene rings is 1. The number of carbonyl (C=O) groups excluding carboxylic acids is 1. The third-order valence-corrected chi connectivity index (χ3v) is 5.38. The first kappa shape index (κ1) is 17.4. The average molecular weight is 378 g/mol. The van der Waals surface area contributed by atoms with Gasteiger partial charge in [0.15, 0.2) is 11.4 Å². The molecule has 0 N–H and O–H groups in total. The Kier molecular flexibility index (Phi) is 4.45. The van der Waals surface area contributed by atoms with Crippen LogP contribution in [0.3, 0.4) is 0 Å². The number of methoxy groups -OCH3 is 1. The van der Waals surface area contributed by atoms with Crippen molar-refractivity contribution in [3.05, 3.63) is 64.0 Å². The highest BCUT2D eigenvalue weighted by Gasteiger charge is 2.17. The van der Waals surface area contributed by atoms with Gasteiger partial charge in [0.25, 0.3) is 0 Å². The molecule has 0 aliphatic carbocycles. The molecule has 0 radical (unpaired) electrons. The van der Waals surface area contributed by atoms with E-state index in [-0.39, 0.29) is 12.2 Å². The lowest BCUT2D eigenvalue weighted by atomic mass is 9.99. The Labute approximate surface area is 160 Å². The molecule has 3 heterocycles. The number of ketones is 1. The summed E-state index contributed by atoms with van der Waals surface area (Å²) in [6.45, 7) is 3.95. The fraction of sp³-hybridized carbons (Fsp3) is 0.200. The molecule has 0 bridgehead atoms. The molecule has 0 unspecified atom stereocenters. The number of rotatable bonds is 5. The Morgan fingerprint density at radius 3 is 2.85 bits per heavy atom. The molecular formula is C20H18N4O2S. The summed E-state index contributed by atoms with van der Waals surface area (Å²) in [6, 6.07) is 7.77. The van der Waals surface area contributed by atoms with Crippen LogP contribution < -0.4 is 4.74 Å². The lowest BCUT2D eigenvalue weighted by Crippen LogP contribution is -2.07. The molecule has 7 heteroatoms. The Morgan fingerprint density at radius 1 is 1.26 bits per heavy atom. The Hall–Kier alpha value is -3.06. The third-order valence-electron chi connectivity index (χ3n) is 4.41. The highest BCUT2D eigenvalue weighted by Crippen LogP contribution is 2.29. The van der Waals surface area contributed by atoms with Gasteiger partial charge in [0.2, 0.25) is 0 Å². The van der Waals surface area contributed by atoms with E-state index in [2.05, 4.69) is 15.1 Å². The number of Topliss-reactive ketones (excluding diaryl/α,β-unsaturated/α-hetero) is 1. The summed E-state index contributed by atoms with van der Waals surface area (Å²) < 4.78 is 7.00. The molecule has 4 aromatic rings. The van der Waals surface area contributed by atoms with Gasteiger partial charge in [-0.3, -0.25) is 4.79 Å². The van der Waals surface area contributed by atoms with Crippen LogP contribution >= 0.6 is 11.3 Å². The van der Waals surface area contributed by atoms with Crippen molar-refractivity contribution in [3.63, 3.8) is 0 Å². The van der Waals surface area contributed by atoms with Crippen molar-refractivity contribution in [1.29, 1.82) is 0 Å². The maximum Gasteiger partial charge on any atom is 0.173 e. The van der Waals surface area contributed by atoms with E-state index in [0.29, 0.717) is 11.2 Å². The van der Waals surface area contributed by atoms with Crippen molar-refractivity contribution < 1.29 is 9.53 Å². The van der Waals surface area contributed by atoms with E-state index in [4.69, 9.17) is 4.74 Å². The normalized spacial score (nSPS) is 11.1. The van der Waals surface area contributed by atoms with Gasteiger partial charge in [-0.2, -0.15) is 5.10 Å². The zero-order valence-electron chi connectivity index (χ0n) is 15.3. The van der Waals surface area contributed by atoms with Crippen molar-refractivity contribution in [2.45, 2.75) is 20.3 Å². The maximum absolute atomic E-state index is 13.0. The molecule has 3 aromatic heterocycles. The molecule has 0 saturated heterocycles. The Balaban J connectivity index is 1.81. The van der Waals surface area contributed by atoms with E-state index in [1.807, 2.05) is 49.7 Å². The van der Waals surface area contributed by atoms with Gasteiger partial charge in [0.1, 0.15) is 17.1 Å². The Bertz CT molecular complexity index is 1150. The number of carbonyl (C=O) groups is 1. The van der Waals surface area contributed by atoms with Crippen molar-refractivity contribution in [2.75, 3.05) is 7.11 Å². The second-order valence-electron chi connectivity index (χ2n) is 6.33. The minimum Gasteiger partial charge on any atom is -0.497 e. The smallest absolute Gasteiger partial charge is 0.173 e. The van der Waals surface area contributed by atoms with Gasteiger partial charge in [-0.15, -0.1) is 11.3 Å². The molecular weight excluding hydrogens is 360 g/mol. The summed E-state index contributed by atoms with van der Waals surface area (Å²) in [7, 11) is 1.64. The molecule has 0 atom stereocenters. The number of fused-ring (bicyclic) bond motifs is 1. The zero-order valence-corrected chi connectivity index (χ0v) is 16.1. The fourth-order valence-electron chi connectivity index (χ4n) is 3.03. The topological polar surface area (TPSA) is 69.4 Å². The number of aryl methyl sites for hydroxylation is 2. The monoisotopic (exact) mass is 378 g/mol. The summed E-state index contributed by atoms with van der Waals surface area (Å²) >= 11 is 1.50. The number of pyridine rings is 1. The van der Waals surface area contributed by atoms with Crippen LogP contribution in [0, 0.1) is 13.8 Å². The van der Waals surface area contributed by atoms with E-state index in [1.54, 1.807) is 11.6 Å². The van der Waals surface area contributed by atoms with Crippen LogP contribution in [0.2, 0.25) is 0 Å². The minimum atomic E-state index is -0.0234. The highest BCUT2D eigenvalue weighted by atomic mass is 32.1. The number of hydrogen-bond donors (Lipinski definition) is 0. The summed E-state index contributed by atoms with van der Waals surface area (Å²) in [6.07, 6.45) is 3.60. The fourth-order valence-corrected chi connectivity index (χ4v) is 3.80. The standard InChI is InChI=1S/C20H18N4O2S/c1-12-4-5-15(26-3)7-16(12)14-6-17(20-21-11-22-24(20)9-14)18(25)8-19-23-13(2)10-27-19/h4-7,9-11H,8H2,1-3H3. The van der Waals surface area contributed by atoms with Gasteiger partial charge in [0.05, 0.1) is 19.1 Å². The molecule has 0 aliphatic rings. The van der Waals surface area contributed by atoms with Crippen LogP contribution in [0.1, 0.15) is 26.6 Å². The van der Waals surface area contributed by atoms with Crippen molar-refractivity contribution in [2.24, 2.45) is 0 Å². The number of thiazole rings is 1. The number of ether oxygens (including phenoxy) is 1. The van der Waals surface area contributed by atoms with Gasteiger partial charge in [0, 0.05) is 22.8 Å². The average Bonchev–Trinajstić information content (AvgIpc) is 3.29. The first-order valence-corrected chi connectivity index (χ1v) is 9.35. The first-order valence-electron chi connectivity index (χ1n) is 8.48. The molecule has 6 nitrogen and oxygen atoms in total. The van der Waals surface area contributed by atoms with E-state index >= 15 is 0 Å². The molecule has 0 saturated carbocycles. The highest BCUT2D eigenvalue weighted by molar-refractivity contribution is 7.09. The molecule has 0 aliphatic heterocycles. The molecule has 27 heavy (non-hydrogen) atoms. The van der Waals surface area contributed by atoms with Crippen LogP contribution in [-0.2, 0) is 6.42 Å². The first-order chi connectivity index (χ1) is 13.0. The largest absolute Gasteiger partial charge is 0.497 e. The van der Waals surface area contributed by atoms with E-state index in [1.165, 1.54) is 17.7 Å². The van der Waals surface area contributed by atoms with Crippen molar-refractivity contribution in [1.82, 2.24) is 19.6 Å². The molecule has 136 valence electrons. The molecule has 1 aromatic carbocycles. The van der Waals surface area contributed by atoms with Crippen LogP contribution in [0.15, 0.2) is 42.2 Å². The third kappa shape index (κ3) is 3.33. The van der Waals surface area contributed by atoms with Crippen molar-refractivity contribution >= 4 is 22.8 Å². The van der Waals surface area contributed by atoms with Gasteiger partial charge in [-0.25, -0.2) is 14.5 Å². The SMILES string of the molecule is COc1ccc(C)c(-c2cc(C(=O)Cc3nc(C)cs3)c3ncnn3c2)c1. The number of aromatic nitrogens is 4. The predicted octanol–water partition coefficient (Wildman–Crippen LogP) is 3.90. The molecule has 0 amide bonds. The summed E-state index contributed by atoms with van der Waals surface area (Å²) in [5.41, 5.74) is 4.99. The van der Waals surface area contributed by atoms with Crippen LogP contribution in [0.4, 0.5) is 0 Å². The molecule has 0 fully saturated rings. The lowest BCUT2D eigenvalue weighted by molar-refractivity contribution is 0.0994. The van der Waals surface area contributed by atoms with Gasteiger partial charge >= 0.3 is 0 Å². The van der Waals surface area contributed by atoms with Crippen molar-refractivity contribution in [3.8, 4) is 16.9 Å². The summed E-state index contributed by atoms with van der Waals surface area (Å²) in [5, 5.41) is 6.99. The van der Waals surface area contributed by atoms with Gasteiger partial charge < -0.3 is 4.74 Å². The maximum atomic E-state index is 13.0. The minimum absolute atomic E-state index is 0.0234. The van der Waals surface area contributed by atoms with Crippen LogP contribution in [0.5, 0.6) is 5.75 Å². The molecule has 4 rings (SSSR count). The van der Waals surface area contributed by atoms with Gasteiger partial charge in [-0.1, -0.05) is 6.07 Å². The molecule has 0 spiro atoms. The van der Waals surface area contributed by atoms with E-state index < -0.39 is 0 Å². The lowest BCUT2D eigenvalue weighted by Gasteiger charge is -2.11. The second-order valence-corrected chi connectivity index (χ2v) is 7.28. The summed E-state index contributed by atoms with van der Waals surface area (Å²) in [5.74, 6) is 0.741. The zero-order chi connectivity index (χ0) is 19.0. The van der Waals surface area contributed by atoms with E-state index in [9.17, 15) is 4.79 Å². The van der Waals surface area contributed by atoms with E-state index in [0.717, 1.165) is 33.1 Å².